The van der Waals surface area contributed by atoms with Crippen LogP contribution < -0.4 is 4.74 Å². The van der Waals surface area contributed by atoms with Crippen LogP contribution in [0.25, 0.3) is 17.0 Å². The third kappa shape index (κ3) is 3.14. The van der Waals surface area contributed by atoms with E-state index in [1.165, 1.54) is 13.2 Å². The van der Waals surface area contributed by atoms with E-state index >= 15 is 0 Å². The maximum absolute atomic E-state index is 12.2. The topological polar surface area (TPSA) is 138 Å². The smallest absolute Gasteiger partial charge is 0.315 e. The zero-order chi connectivity index (χ0) is 20.7. The third-order valence-electron chi connectivity index (χ3n) is 4.37. The number of hydrogen-bond donors (Lipinski definition) is 1. The first-order valence-corrected chi connectivity index (χ1v) is 8.72. The lowest BCUT2D eigenvalue weighted by molar-refractivity contribution is -0.493. The van der Waals surface area contributed by atoms with Crippen molar-refractivity contribution in [2.24, 2.45) is 0 Å². The molecular weight excluding hydrogens is 415 g/mol. The van der Waals surface area contributed by atoms with Crippen LogP contribution in [0.4, 0.5) is 5.69 Å². The second-order valence-corrected chi connectivity index (χ2v) is 6.87. The van der Waals surface area contributed by atoms with Crippen molar-refractivity contribution in [3.05, 3.63) is 38.9 Å². The van der Waals surface area contributed by atoms with Crippen LogP contribution in [-0.4, -0.2) is 48.6 Å². The first-order chi connectivity index (χ1) is 13.2. The number of ether oxygens (including phenoxy) is 1. The van der Waals surface area contributed by atoms with Gasteiger partial charge in [-0.2, -0.15) is 9.72 Å². The first-order valence-electron chi connectivity index (χ1n) is 7.91. The van der Waals surface area contributed by atoms with Crippen molar-refractivity contribution in [1.82, 2.24) is 10.1 Å². The molecule has 0 spiro atoms. The number of hydrogen-bond acceptors (Lipinski definition) is 8. The minimum atomic E-state index is -0.772. The van der Waals surface area contributed by atoms with Gasteiger partial charge in [-0.25, -0.2) is 0 Å². The fourth-order valence-electron chi connectivity index (χ4n) is 2.79. The maximum atomic E-state index is 12.2. The molecule has 3 rings (SSSR count). The van der Waals surface area contributed by atoms with Crippen LogP contribution in [-0.2, 0) is 0 Å². The van der Waals surface area contributed by atoms with E-state index in [4.69, 9.17) is 32.5 Å². The average Bonchev–Trinajstić information content (AvgIpc) is 3.14. The number of allylic oxidation sites excluding steroid dienone is 1. The monoisotopic (exact) mass is 428 g/mol. The van der Waals surface area contributed by atoms with Gasteiger partial charge in [-0.3, -0.25) is 10.1 Å². The van der Waals surface area contributed by atoms with E-state index < -0.39 is 27.8 Å². The van der Waals surface area contributed by atoms with Gasteiger partial charge in [-0.05, 0) is 30.2 Å². The first kappa shape index (κ1) is 19.9. The lowest BCUT2D eigenvalue weighted by Crippen LogP contribution is -2.37. The highest BCUT2D eigenvalue weighted by Gasteiger charge is 2.37. The molecule has 10 nitrogen and oxygen atoms in total. The molecule has 148 valence electrons. The van der Waals surface area contributed by atoms with Gasteiger partial charge in [-0.1, -0.05) is 5.16 Å². The summed E-state index contributed by atoms with van der Waals surface area (Å²) in [6.45, 7) is 3.33. The standard InChI is InChI=1S/C16H14Cl2N4O6/c1-6-11(14(18)21(24)7(2)12(6)17)15-19-16(28-20-15)8-4-9(22(25)26)13(23)10(5-8)27-3/h4-5,7,12,23H,1-3H3. The highest BCUT2D eigenvalue weighted by molar-refractivity contribution is 6.75. The Bertz CT molecular complexity index is 1030. The van der Waals surface area contributed by atoms with Gasteiger partial charge < -0.3 is 19.6 Å². The molecule has 2 atom stereocenters. The van der Waals surface area contributed by atoms with E-state index in [9.17, 15) is 20.4 Å². The van der Waals surface area contributed by atoms with E-state index in [1.807, 2.05) is 0 Å². The Morgan fingerprint density at radius 2 is 2.11 bits per heavy atom. The van der Waals surface area contributed by atoms with Gasteiger partial charge in [0.2, 0.25) is 11.6 Å². The number of halogens is 2. The number of benzene rings is 1. The summed E-state index contributed by atoms with van der Waals surface area (Å²) in [5, 5.41) is 36.3. The molecule has 2 heterocycles. The Labute approximate surface area is 168 Å². The predicted molar refractivity (Wildman–Crippen MR) is 101 cm³/mol. The summed E-state index contributed by atoms with van der Waals surface area (Å²) < 4.78 is 10.7. The quantitative estimate of drug-likeness (QED) is 0.257. The van der Waals surface area contributed by atoms with Crippen LogP contribution in [0, 0.1) is 15.3 Å². The van der Waals surface area contributed by atoms with E-state index in [-0.39, 0.29) is 33.8 Å². The Balaban J connectivity index is 2.11. The Morgan fingerprint density at radius 3 is 2.71 bits per heavy atom. The van der Waals surface area contributed by atoms with Gasteiger partial charge in [-0.15, -0.1) is 11.6 Å². The summed E-state index contributed by atoms with van der Waals surface area (Å²) in [6, 6.07) is 1.79. The summed E-state index contributed by atoms with van der Waals surface area (Å²) >= 11 is 12.4. The molecule has 28 heavy (non-hydrogen) atoms. The normalized spacial score (nSPS) is 19.9. The molecule has 12 heteroatoms. The molecular formula is C16H14Cl2N4O6. The van der Waals surface area contributed by atoms with Gasteiger partial charge in [0, 0.05) is 13.0 Å². The number of rotatable bonds is 4. The zero-order valence-corrected chi connectivity index (χ0v) is 16.4. The molecule has 0 aliphatic carbocycles. The van der Waals surface area contributed by atoms with E-state index in [1.54, 1.807) is 13.8 Å². The van der Waals surface area contributed by atoms with Gasteiger partial charge in [0.05, 0.1) is 17.6 Å². The van der Waals surface area contributed by atoms with Crippen LogP contribution in [0.5, 0.6) is 11.5 Å². The highest BCUT2D eigenvalue weighted by Crippen LogP contribution is 2.40. The molecule has 1 aliphatic rings. The summed E-state index contributed by atoms with van der Waals surface area (Å²) in [5.74, 6) is -0.852. The fraction of sp³-hybridized carbons (Fsp3) is 0.312. The molecule has 1 aromatic carbocycles. The Kier molecular flexibility index (Phi) is 5.18. The average molecular weight is 429 g/mol. The number of aromatic hydroxyl groups is 1. The molecule has 0 radical (unpaired) electrons. The summed E-state index contributed by atoms with van der Waals surface area (Å²) in [6.07, 6.45) is 0. The highest BCUT2D eigenvalue weighted by atomic mass is 35.5. The molecule has 0 saturated carbocycles. The van der Waals surface area contributed by atoms with Crippen LogP contribution >= 0.6 is 23.2 Å². The minimum absolute atomic E-state index is 0.00518. The van der Waals surface area contributed by atoms with Crippen LogP contribution in [0.1, 0.15) is 19.7 Å². The van der Waals surface area contributed by atoms with Crippen molar-refractivity contribution in [3.8, 4) is 23.0 Å². The van der Waals surface area contributed by atoms with Crippen molar-refractivity contribution >= 4 is 39.6 Å². The minimum Gasteiger partial charge on any atom is -0.622 e. The number of phenolic OH excluding ortho intramolecular Hbond substituents is 1. The summed E-state index contributed by atoms with van der Waals surface area (Å²) in [4.78, 5) is 14.6. The van der Waals surface area contributed by atoms with Crippen molar-refractivity contribution < 1.29 is 24.0 Å². The fourth-order valence-corrected chi connectivity index (χ4v) is 3.39. The van der Waals surface area contributed by atoms with Crippen molar-refractivity contribution in [2.75, 3.05) is 7.11 Å². The SMILES string of the molecule is COc1cc(-c2nc(C3=C(C)C(Cl)C(C)[N+]([O-])=C3Cl)no2)cc([N+](=O)[O-])c1O. The summed E-state index contributed by atoms with van der Waals surface area (Å²) in [7, 11) is 1.25. The lowest BCUT2D eigenvalue weighted by atomic mass is 9.99. The zero-order valence-electron chi connectivity index (χ0n) is 14.8. The Hall–Kier alpha value is -2.85. The van der Waals surface area contributed by atoms with Gasteiger partial charge in [0.25, 0.3) is 11.1 Å². The molecule has 1 N–H and O–H groups in total. The summed E-state index contributed by atoms with van der Waals surface area (Å²) in [5.41, 5.74) is 0.366. The predicted octanol–water partition coefficient (Wildman–Crippen LogP) is 3.29. The van der Waals surface area contributed by atoms with Crippen molar-refractivity contribution in [3.63, 3.8) is 0 Å². The molecule has 0 saturated heterocycles. The maximum Gasteiger partial charge on any atom is 0.315 e. The van der Waals surface area contributed by atoms with Crippen LogP contribution in [0.2, 0.25) is 0 Å². The van der Waals surface area contributed by atoms with E-state index in [2.05, 4.69) is 10.1 Å². The number of methoxy groups -OCH3 is 1. The van der Waals surface area contributed by atoms with E-state index in [0.717, 1.165) is 6.07 Å². The van der Waals surface area contributed by atoms with Crippen LogP contribution in [0.15, 0.2) is 22.2 Å². The largest absolute Gasteiger partial charge is 0.622 e. The van der Waals surface area contributed by atoms with Crippen molar-refractivity contribution in [1.29, 1.82) is 0 Å². The number of alkyl halides is 1. The number of nitro benzene ring substituents is 1. The van der Waals surface area contributed by atoms with Gasteiger partial charge >= 0.3 is 5.69 Å². The Morgan fingerprint density at radius 1 is 1.43 bits per heavy atom. The number of hydroxylamine groups is 1. The molecule has 2 aromatic rings. The second-order valence-electron chi connectivity index (χ2n) is 6.04. The molecule has 0 amide bonds. The third-order valence-corrected chi connectivity index (χ3v) is 5.42. The van der Waals surface area contributed by atoms with Crippen molar-refractivity contribution in [2.45, 2.75) is 25.3 Å². The van der Waals surface area contributed by atoms with E-state index in [0.29, 0.717) is 10.3 Å². The van der Waals surface area contributed by atoms with Gasteiger partial charge in [0.1, 0.15) is 11.0 Å². The number of phenols is 1. The molecule has 0 bridgehead atoms. The lowest BCUT2D eigenvalue weighted by Gasteiger charge is -2.25. The number of nitrogens with zero attached hydrogens (tertiary/aromatic N) is 4. The molecule has 1 aliphatic heterocycles. The molecule has 2 unspecified atom stereocenters. The van der Waals surface area contributed by atoms with Gasteiger partial charge in [0.15, 0.2) is 11.8 Å². The molecule has 1 aromatic heterocycles. The second kappa shape index (κ2) is 7.28. The number of nitro groups is 1. The van der Waals surface area contributed by atoms with Crippen LogP contribution in [0.3, 0.4) is 0 Å². The molecule has 0 fully saturated rings. The number of aromatic nitrogens is 2.